The highest BCUT2D eigenvalue weighted by Gasteiger charge is 2.27. The lowest BCUT2D eigenvalue weighted by atomic mass is 9.95. The lowest BCUT2D eigenvalue weighted by molar-refractivity contribution is -0.147. The summed E-state index contributed by atoms with van der Waals surface area (Å²) in [6, 6.07) is -0.673. The highest BCUT2D eigenvalue weighted by atomic mass is 16.5. The van der Waals surface area contributed by atoms with Gasteiger partial charge in [-0.2, -0.15) is 0 Å². The third-order valence-electron chi connectivity index (χ3n) is 2.76. The number of Topliss-reactive ketones (excluding diaryl/α,β-unsaturated/α-hetero) is 1. The summed E-state index contributed by atoms with van der Waals surface area (Å²) >= 11 is 0. The molecule has 0 aromatic rings. The van der Waals surface area contributed by atoms with Crippen LogP contribution in [0.4, 0.5) is 0 Å². The van der Waals surface area contributed by atoms with Gasteiger partial charge in [-0.05, 0) is 19.3 Å². The second-order valence-corrected chi connectivity index (χ2v) is 4.57. The number of carbonyl (C=O) groups is 3. The normalized spacial score (nSPS) is 13.6. The van der Waals surface area contributed by atoms with E-state index in [0.717, 1.165) is 19.3 Å². The minimum absolute atomic E-state index is 0.00620. The summed E-state index contributed by atoms with van der Waals surface area (Å²) in [7, 11) is 1.29. The largest absolute Gasteiger partial charge is 0.467 e. The van der Waals surface area contributed by atoms with Gasteiger partial charge in [-0.15, -0.1) is 0 Å². The molecule has 5 nitrogen and oxygen atoms in total. The average Bonchev–Trinajstić information content (AvgIpc) is 2.31. The molecule has 2 unspecified atom stereocenters. The van der Waals surface area contributed by atoms with E-state index < -0.39 is 17.9 Å². The van der Waals surface area contributed by atoms with Gasteiger partial charge < -0.3 is 10.1 Å². The lowest BCUT2D eigenvalue weighted by Crippen LogP contribution is -2.46. The topological polar surface area (TPSA) is 72.5 Å². The molecule has 1 amide bonds. The molecule has 0 aliphatic heterocycles. The van der Waals surface area contributed by atoms with E-state index in [2.05, 4.69) is 17.0 Å². The summed E-state index contributed by atoms with van der Waals surface area (Å²) in [5.74, 6) is -1.12. The van der Waals surface area contributed by atoms with Crippen LogP contribution in [0.5, 0.6) is 0 Å². The monoisotopic (exact) mass is 257 g/mol. The van der Waals surface area contributed by atoms with Gasteiger partial charge in [0.2, 0.25) is 5.91 Å². The molecule has 0 heterocycles. The van der Waals surface area contributed by atoms with Crippen LogP contribution in [0.1, 0.15) is 46.5 Å². The zero-order valence-corrected chi connectivity index (χ0v) is 11.6. The maximum atomic E-state index is 11.6. The Morgan fingerprint density at radius 2 is 1.89 bits per heavy atom. The Morgan fingerprint density at radius 1 is 1.28 bits per heavy atom. The number of rotatable bonds is 8. The van der Waals surface area contributed by atoms with Crippen LogP contribution in [-0.2, 0) is 19.1 Å². The van der Waals surface area contributed by atoms with Crippen molar-refractivity contribution in [3.8, 4) is 0 Å². The van der Waals surface area contributed by atoms with Gasteiger partial charge in [0.1, 0.15) is 11.8 Å². The average molecular weight is 257 g/mol. The molecule has 0 spiro atoms. The number of hydrogen-bond acceptors (Lipinski definition) is 4. The van der Waals surface area contributed by atoms with Crippen molar-refractivity contribution in [3.05, 3.63) is 0 Å². The Hall–Kier alpha value is -1.39. The van der Waals surface area contributed by atoms with Gasteiger partial charge in [0.05, 0.1) is 13.5 Å². The van der Waals surface area contributed by atoms with Crippen molar-refractivity contribution in [3.63, 3.8) is 0 Å². The van der Waals surface area contributed by atoms with E-state index in [4.69, 9.17) is 0 Å². The first-order valence-electron chi connectivity index (χ1n) is 6.29. The van der Waals surface area contributed by atoms with Crippen molar-refractivity contribution in [2.45, 2.75) is 52.5 Å². The van der Waals surface area contributed by atoms with Crippen LogP contribution >= 0.6 is 0 Å². The fourth-order valence-electron chi connectivity index (χ4n) is 1.70. The molecule has 0 radical (unpaired) electrons. The van der Waals surface area contributed by atoms with Crippen LogP contribution in [0.2, 0.25) is 0 Å². The molecular weight excluding hydrogens is 234 g/mol. The number of nitrogens with one attached hydrogen (secondary N) is 1. The molecule has 0 rings (SSSR count). The van der Waals surface area contributed by atoms with Crippen molar-refractivity contribution in [1.82, 2.24) is 5.32 Å². The SMILES string of the molecule is CCCCC(C)C(NC(=O)CC(C)=O)C(=O)OC. The first-order valence-corrected chi connectivity index (χ1v) is 6.29. The predicted octanol–water partition coefficient (Wildman–Crippen LogP) is 1.45. The van der Waals surface area contributed by atoms with E-state index in [0.29, 0.717) is 0 Å². The van der Waals surface area contributed by atoms with Crippen LogP contribution < -0.4 is 5.32 Å². The minimum Gasteiger partial charge on any atom is -0.467 e. The molecule has 1 N–H and O–H groups in total. The van der Waals surface area contributed by atoms with Crippen LogP contribution in [0.15, 0.2) is 0 Å². The second kappa shape index (κ2) is 8.66. The van der Waals surface area contributed by atoms with E-state index >= 15 is 0 Å². The van der Waals surface area contributed by atoms with Gasteiger partial charge in [-0.25, -0.2) is 4.79 Å². The molecule has 18 heavy (non-hydrogen) atoms. The first kappa shape index (κ1) is 16.6. The summed E-state index contributed by atoms with van der Waals surface area (Å²) in [6.07, 6.45) is 2.64. The first-order chi connectivity index (χ1) is 8.42. The lowest BCUT2D eigenvalue weighted by Gasteiger charge is -2.22. The molecular formula is C13H23NO4. The molecule has 0 fully saturated rings. The van der Waals surface area contributed by atoms with E-state index in [1.54, 1.807) is 0 Å². The number of ketones is 1. The molecule has 0 aliphatic carbocycles. The molecule has 0 aliphatic rings. The van der Waals surface area contributed by atoms with Gasteiger partial charge in [0.25, 0.3) is 0 Å². The van der Waals surface area contributed by atoms with Crippen LogP contribution in [-0.4, -0.2) is 30.8 Å². The molecule has 2 atom stereocenters. The molecule has 0 aromatic heterocycles. The maximum Gasteiger partial charge on any atom is 0.328 e. The Kier molecular flexibility index (Phi) is 8.00. The Morgan fingerprint density at radius 3 is 2.33 bits per heavy atom. The fourth-order valence-corrected chi connectivity index (χ4v) is 1.70. The number of carbonyl (C=O) groups excluding carboxylic acids is 3. The third-order valence-corrected chi connectivity index (χ3v) is 2.76. The Balaban J connectivity index is 4.53. The summed E-state index contributed by atoms with van der Waals surface area (Å²) in [6.45, 7) is 5.30. The third kappa shape index (κ3) is 6.37. The molecule has 5 heteroatoms. The minimum atomic E-state index is -0.673. The number of hydrogen-bond donors (Lipinski definition) is 1. The predicted molar refractivity (Wildman–Crippen MR) is 67.9 cm³/mol. The highest BCUT2D eigenvalue weighted by Crippen LogP contribution is 2.13. The number of ether oxygens (including phenoxy) is 1. The van der Waals surface area contributed by atoms with Crippen LogP contribution in [0.25, 0.3) is 0 Å². The van der Waals surface area contributed by atoms with Gasteiger partial charge >= 0.3 is 5.97 Å². The van der Waals surface area contributed by atoms with Gasteiger partial charge in [-0.3, -0.25) is 9.59 Å². The van der Waals surface area contributed by atoms with Gasteiger partial charge in [-0.1, -0.05) is 26.7 Å². The number of unbranched alkanes of at least 4 members (excludes halogenated alkanes) is 1. The quantitative estimate of drug-likeness (QED) is 0.527. The smallest absolute Gasteiger partial charge is 0.328 e. The van der Waals surface area contributed by atoms with Gasteiger partial charge in [0, 0.05) is 0 Å². The zero-order valence-electron chi connectivity index (χ0n) is 11.6. The van der Waals surface area contributed by atoms with E-state index in [-0.39, 0.29) is 18.1 Å². The Bertz CT molecular complexity index is 301. The molecule has 0 aromatic carbocycles. The Labute approximate surface area is 108 Å². The zero-order chi connectivity index (χ0) is 14.1. The summed E-state index contributed by atoms with van der Waals surface area (Å²) in [5, 5.41) is 2.57. The molecule has 104 valence electrons. The molecule has 0 bridgehead atoms. The number of methoxy groups -OCH3 is 1. The van der Waals surface area contributed by atoms with Crippen LogP contribution in [0.3, 0.4) is 0 Å². The van der Waals surface area contributed by atoms with Crippen LogP contribution in [0, 0.1) is 5.92 Å². The standard InChI is InChI=1S/C13H23NO4/c1-5-6-7-9(2)12(13(17)18-4)14-11(16)8-10(3)15/h9,12H,5-8H2,1-4H3,(H,14,16). The van der Waals surface area contributed by atoms with E-state index in [1.165, 1.54) is 14.0 Å². The van der Waals surface area contributed by atoms with Crippen molar-refractivity contribution in [2.75, 3.05) is 7.11 Å². The van der Waals surface area contributed by atoms with Crippen molar-refractivity contribution < 1.29 is 19.1 Å². The van der Waals surface area contributed by atoms with Crippen molar-refractivity contribution in [2.24, 2.45) is 5.92 Å². The van der Waals surface area contributed by atoms with E-state index in [9.17, 15) is 14.4 Å². The molecule has 0 saturated carbocycles. The number of esters is 1. The fraction of sp³-hybridized carbons (Fsp3) is 0.769. The maximum absolute atomic E-state index is 11.6. The summed E-state index contributed by atoms with van der Waals surface area (Å²) in [5.41, 5.74) is 0. The van der Waals surface area contributed by atoms with E-state index in [1.807, 2.05) is 6.92 Å². The second-order valence-electron chi connectivity index (χ2n) is 4.57. The van der Waals surface area contributed by atoms with Crippen molar-refractivity contribution in [1.29, 1.82) is 0 Å². The highest BCUT2D eigenvalue weighted by molar-refractivity contribution is 5.98. The van der Waals surface area contributed by atoms with Gasteiger partial charge in [0.15, 0.2) is 0 Å². The summed E-state index contributed by atoms with van der Waals surface area (Å²) < 4.78 is 4.68. The molecule has 0 saturated heterocycles. The summed E-state index contributed by atoms with van der Waals surface area (Å²) in [4.78, 5) is 34.0. The van der Waals surface area contributed by atoms with Crippen molar-refractivity contribution >= 4 is 17.7 Å². The number of amides is 1.